The minimum atomic E-state index is -0.942. The number of urea groups is 1. The molecule has 0 aliphatic carbocycles. The molecule has 0 bridgehead atoms. The van der Waals surface area contributed by atoms with Gasteiger partial charge in [0, 0.05) is 25.0 Å². The van der Waals surface area contributed by atoms with E-state index in [4.69, 9.17) is 0 Å². The predicted octanol–water partition coefficient (Wildman–Crippen LogP) is 0.521. The van der Waals surface area contributed by atoms with Crippen LogP contribution in [-0.2, 0) is 16.0 Å². The van der Waals surface area contributed by atoms with Gasteiger partial charge in [-0.15, -0.1) is 0 Å². The van der Waals surface area contributed by atoms with Gasteiger partial charge in [-0.2, -0.15) is 5.10 Å². The lowest BCUT2D eigenvalue weighted by Crippen LogP contribution is -2.47. The van der Waals surface area contributed by atoms with E-state index in [1.165, 1.54) is 0 Å². The Hall–Kier alpha value is -2.38. The number of likely N-dealkylation sites (tertiary alicyclic amines) is 1. The summed E-state index contributed by atoms with van der Waals surface area (Å²) in [6.07, 6.45) is 4.55. The molecule has 2 aliphatic rings. The molecule has 4 amide bonds. The largest absolute Gasteiger partial charge is 0.341 e. The van der Waals surface area contributed by atoms with Gasteiger partial charge in [-0.25, -0.2) is 4.79 Å². The van der Waals surface area contributed by atoms with Crippen LogP contribution in [0.4, 0.5) is 4.79 Å². The summed E-state index contributed by atoms with van der Waals surface area (Å²) in [7, 11) is 0. The zero-order valence-electron chi connectivity index (χ0n) is 14.0. The number of rotatable bonds is 4. The smallest absolute Gasteiger partial charge is 0.325 e. The maximum absolute atomic E-state index is 12.5. The first-order valence-electron chi connectivity index (χ1n) is 8.27. The number of hydrogen-bond donors (Lipinski definition) is 2. The Morgan fingerprint density at radius 3 is 2.83 bits per heavy atom. The molecule has 2 fully saturated rings. The molecule has 0 spiro atoms. The Kier molecular flexibility index (Phi) is 4.29. The summed E-state index contributed by atoms with van der Waals surface area (Å²) in [5.41, 5.74) is 0.118. The highest BCUT2D eigenvalue weighted by molar-refractivity contribution is 6.08. The monoisotopic (exact) mass is 333 g/mol. The van der Waals surface area contributed by atoms with Crippen LogP contribution in [-0.4, -0.2) is 63.0 Å². The van der Waals surface area contributed by atoms with Crippen molar-refractivity contribution in [2.45, 2.75) is 38.6 Å². The van der Waals surface area contributed by atoms with Crippen LogP contribution < -0.4 is 5.32 Å². The molecule has 2 aliphatic heterocycles. The summed E-state index contributed by atoms with van der Waals surface area (Å²) in [6, 6.07) is 1.44. The number of nitrogens with one attached hydrogen (secondary N) is 2. The van der Waals surface area contributed by atoms with Gasteiger partial charge in [-0.3, -0.25) is 19.6 Å². The van der Waals surface area contributed by atoms with E-state index in [2.05, 4.69) is 15.5 Å². The topological polar surface area (TPSA) is 98.4 Å². The van der Waals surface area contributed by atoms with Crippen molar-refractivity contribution in [2.75, 3.05) is 19.6 Å². The second kappa shape index (κ2) is 6.26. The fraction of sp³-hybridized carbons (Fsp3) is 0.625. The number of piperidine rings is 1. The van der Waals surface area contributed by atoms with E-state index in [1.807, 2.05) is 6.07 Å². The van der Waals surface area contributed by atoms with Gasteiger partial charge >= 0.3 is 6.03 Å². The molecule has 2 N–H and O–H groups in total. The Bertz CT molecular complexity index is 640. The van der Waals surface area contributed by atoms with Crippen LogP contribution in [0.5, 0.6) is 0 Å². The molecular formula is C16H23N5O3. The van der Waals surface area contributed by atoms with Gasteiger partial charge in [0.05, 0.1) is 0 Å². The molecule has 2 saturated heterocycles. The van der Waals surface area contributed by atoms with Crippen molar-refractivity contribution < 1.29 is 14.4 Å². The number of carbonyl (C=O) groups excluding carboxylic acids is 3. The van der Waals surface area contributed by atoms with Crippen LogP contribution in [0.3, 0.4) is 0 Å². The lowest BCUT2D eigenvalue weighted by Gasteiger charge is -2.33. The number of H-pyrrole nitrogens is 1. The number of imide groups is 1. The van der Waals surface area contributed by atoms with Crippen LogP contribution >= 0.6 is 0 Å². The summed E-state index contributed by atoms with van der Waals surface area (Å²) in [6.45, 7) is 4.40. The zero-order valence-corrected chi connectivity index (χ0v) is 14.0. The van der Waals surface area contributed by atoms with Crippen molar-refractivity contribution in [3.05, 3.63) is 18.0 Å². The Labute approximate surface area is 140 Å². The Balaban J connectivity index is 1.58. The molecule has 0 unspecified atom stereocenters. The second-order valence-electron chi connectivity index (χ2n) is 7.08. The van der Waals surface area contributed by atoms with Crippen LogP contribution in [0.2, 0.25) is 0 Å². The predicted molar refractivity (Wildman–Crippen MR) is 85.9 cm³/mol. The summed E-state index contributed by atoms with van der Waals surface area (Å²) in [5, 5.41) is 9.49. The van der Waals surface area contributed by atoms with Crippen molar-refractivity contribution in [1.82, 2.24) is 25.3 Å². The third-order valence-electron chi connectivity index (χ3n) is 4.68. The van der Waals surface area contributed by atoms with E-state index in [0.717, 1.165) is 29.9 Å². The maximum atomic E-state index is 12.5. The third-order valence-corrected chi connectivity index (χ3v) is 4.68. The van der Waals surface area contributed by atoms with Crippen molar-refractivity contribution in [3.63, 3.8) is 0 Å². The van der Waals surface area contributed by atoms with Crippen molar-refractivity contribution >= 4 is 17.8 Å². The highest BCUT2D eigenvalue weighted by Crippen LogP contribution is 2.21. The first-order chi connectivity index (χ1) is 11.4. The number of aromatic amines is 1. The minimum Gasteiger partial charge on any atom is -0.341 e. The first-order valence-corrected chi connectivity index (χ1v) is 8.27. The molecule has 24 heavy (non-hydrogen) atoms. The molecule has 130 valence electrons. The fourth-order valence-electron chi connectivity index (χ4n) is 3.36. The number of nitrogens with zero attached hydrogens (tertiary/aromatic N) is 3. The first kappa shape index (κ1) is 16.5. The maximum Gasteiger partial charge on any atom is 0.325 e. The molecule has 8 heteroatoms. The molecule has 0 aromatic carbocycles. The summed E-state index contributed by atoms with van der Waals surface area (Å²) < 4.78 is 0. The van der Waals surface area contributed by atoms with E-state index in [1.54, 1.807) is 24.9 Å². The average Bonchev–Trinajstić information content (AvgIpc) is 3.10. The molecule has 3 heterocycles. The van der Waals surface area contributed by atoms with E-state index < -0.39 is 11.6 Å². The molecule has 0 radical (unpaired) electrons. The second-order valence-corrected chi connectivity index (χ2v) is 7.08. The van der Waals surface area contributed by atoms with E-state index in [9.17, 15) is 14.4 Å². The van der Waals surface area contributed by atoms with E-state index in [-0.39, 0.29) is 18.4 Å². The third kappa shape index (κ3) is 3.27. The highest BCUT2D eigenvalue weighted by atomic mass is 16.2. The van der Waals surface area contributed by atoms with Gasteiger partial charge in [0.15, 0.2) is 0 Å². The number of hydrogen-bond acceptors (Lipinski definition) is 4. The quantitative estimate of drug-likeness (QED) is 0.785. The van der Waals surface area contributed by atoms with Gasteiger partial charge in [-0.05, 0) is 45.1 Å². The fourth-order valence-corrected chi connectivity index (χ4v) is 3.36. The lowest BCUT2D eigenvalue weighted by molar-refractivity contribution is -0.139. The zero-order chi connectivity index (χ0) is 17.3. The average molecular weight is 333 g/mol. The number of carbonyl (C=O) groups is 3. The van der Waals surface area contributed by atoms with Crippen LogP contribution in [0.25, 0.3) is 0 Å². The van der Waals surface area contributed by atoms with E-state index >= 15 is 0 Å². The Morgan fingerprint density at radius 2 is 2.21 bits per heavy atom. The van der Waals surface area contributed by atoms with Crippen LogP contribution in [0.1, 0.15) is 32.4 Å². The SMILES string of the molecule is CC1(C)NC(=O)N(CC(=O)N2CCC[C@H](Cc3ccn[nH]3)C2)C1=O. The molecular weight excluding hydrogens is 310 g/mol. The molecule has 3 rings (SSSR count). The van der Waals surface area contributed by atoms with Gasteiger partial charge < -0.3 is 10.2 Å². The molecule has 1 aromatic rings. The van der Waals surface area contributed by atoms with Crippen molar-refractivity contribution in [3.8, 4) is 0 Å². The molecule has 8 nitrogen and oxygen atoms in total. The van der Waals surface area contributed by atoms with Crippen molar-refractivity contribution in [2.24, 2.45) is 5.92 Å². The molecule has 0 saturated carbocycles. The van der Waals surface area contributed by atoms with E-state index in [0.29, 0.717) is 19.0 Å². The van der Waals surface area contributed by atoms with Gasteiger partial charge in [0.2, 0.25) is 5.91 Å². The van der Waals surface area contributed by atoms with Crippen molar-refractivity contribution in [1.29, 1.82) is 0 Å². The standard InChI is InChI=1S/C16H23N5O3/c1-16(2)14(23)21(15(24)18-16)10-13(22)20-7-3-4-11(9-20)8-12-5-6-17-19-12/h5-6,11H,3-4,7-10H2,1-2H3,(H,17,19)(H,18,24)/t11-/m1/s1. The normalized spacial score (nSPS) is 23.5. The number of amides is 4. The Morgan fingerprint density at radius 1 is 1.42 bits per heavy atom. The van der Waals surface area contributed by atoms with Gasteiger partial charge in [0.1, 0.15) is 12.1 Å². The summed E-state index contributed by atoms with van der Waals surface area (Å²) in [4.78, 5) is 39.4. The summed E-state index contributed by atoms with van der Waals surface area (Å²) in [5.74, 6) is -0.167. The van der Waals surface area contributed by atoms with Crippen LogP contribution in [0, 0.1) is 5.92 Å². The highest BCUT2D eigenvalue weighted by Gasteiger charge is 2.45. The summed E-state index contributed by atoms with van der Waals surface area (Å²) >= 11 is 0. The lowest BCUT2D eigenvalue weighted by atomic mass is 9.93. The minimum absolute atomic E-state index is 0.175. The molecule has 1 atom stereocenters. The molecule has 1 aromatic heterocycles. The van der Waals surface area contributed by atoms with Gasteiger partial charge in [0.25, 0.3) is 5.91 Å². The number of aromatic nitrogens is 2. The van der Waals surface area contributed by atoms with Gasteiger partial charge in [-0.1, -0.05) is 0 Å². The van der Waals surface area contributed by atoms with Crippen LogP contribution in [0.15, 0.2) is 12.3 Å².